The number of ether oxygens (including phenoxy) is 1. The maximum absolute atomic E-state index is 8.77. The quantitative estimate of drug-likeness (QED) is 0.727. The number of hydrogen-bond donors (Lipinski definition) is 2. The number of benzene rings is 1. The minimum Gasteiger partial charge on any atom is -0.396 e. The van der Waals surface area contributed by atoms with Gasteiger partial charge in [0.15, 0.2) is 0 Å². The molecule has 1 atom stereocenters. The van der Waals surface area contributed by atoms with Crippen molar-refractivity contribution < 1.29 is 9.84 Å². The summed E-state index contributed by atoms with van der Waals surface area (Å²) in [6.07, 6.45) is 1.86. The first-order valence-electron chi connectivity index (χ1n) is 6.18. The van der Waals surface area contributed by atoms with Crippen molar-refractivity contribution in [1.29, 1.82) is 0 Å². The zero-order chi connectivity index (χ0) is 12.5. The van der Waals surface area contributed by atoms with Gasteiger partial charge >= 0.3 is 0 Å². The van der Waals surface area contributed by atoms with E-state index in [1.54, 1.807) is 7.11 Å². The van der Waals surface area contributed by atoms with E-state index in [1.165, 1.54) is 11.1 Å². The van der Waals surface area contributed by atoms with Gasteiger partial charge in [0.25, 0.3) is 0 Å². The summed E-state index contributed by atoms with van der Waals surface area (Å²) in [5, 5.41) is 12.2. The van der Waals surface area contributed by atoms with E-state index >= 15 is 0 Å². The molecule has 0 aliphatic carbocycles. The van der Waals surface area contributed by atoms with Gasteiger partial charge in [-0.15, -0.1) is 0 Å². The molecule has 1 rings (SSSR count). The van der Waals surface area contributed by atoms with Crippen LogP contribution in [0, 0.1) is 0 Å². The smallest absolute Gasteiger partial charge is 0.0716 e. The maximum Gasteiger partial charge on any atom is 0.0716 e. The molecule has 3 nitrogen and oxygen atoms in total. The second-order valence-electron chi connectivity index (χ2n) is 4.35. The number of aliphatic hydroxyl groups excluding tert-OH is 1. The average Bonchev–Trinajstić information content (AvgIpc) is 2.35. The average molecular weight is 237 g/mol. The van der Waals surface area contributed by atoms with Gasteiger partial charge in [-0.05, 0) is 30.9 Å². The molecule has 17 heavy (non-hydrogen) atoms. The standard InChI is InChI=1S/C14H23NO2/c1-12(6-5-9-16)15-10-13-7-3-4-8-14(13)11-17-2/h3-4,7-8,12,15-16H,5-6,9-11H2,1-2H3. The van der Waals surface area contributed by atoms with E-state index in [4.69, 9.17) is 9.84 Å². The molecule has 0 aliphatic heterocycles. The van der Waals surface area contributed by atoms with Gasteiger partial charge in [0.05, 0.1) is 6.61 Å². The molecule has 1 aromatic rings. The van der Waals surface area contributed by atoms with Crippen molar-refractivity contribution in [1.82, 2.24) is 5.32 Å². The second kappa shape index (κ2) is 8.23. The summed E-state index contributed by atoms with van der Waals surface area (Å²) in [5.74, 6) is 0. The Labute approximate surface area is 104 Å². The third-order valence-corrected chi connectivity index (χ3v) is 2.85. The summed E-state index contributed by atoms with van der Waals surface area (Å²) in [6.45, 7) is 3.93. The van der Waals surface area contributed by atoms with E-state index in [-0.39, 0.29) is 6.61 Å². The molecule has 2 N–H and O–H groups in total. The van der Waals surface area contributed by atoms with E-state index < -0.39 is 0 Å². The van der Waals surface area contributed by atoms with Gasteiger partial charge < -0.3 is 15.2 Å². The fraction of sp³-hybridized carbons (Fsp3) is 0.571. The minimum absolute atomic E-state index is 0.270. The van der Waals surface area contributed by atoms with E-state index in [0.717, 1.165) is 19.4 Å². The fourth-order valence-electron chi connectivity index (χ4n) is 1.81. The van der Waals surface area contributed by atoms with E-state index in [2.05, 4.69) is 30.4 Å². The molecule has 0 aromatic heterocycles. The molecular weight excluding hydrogens is 214 g/mol. The number of rotatable bonds is 8. The summed E-state index contributed by atoms with van der Waals surface area (Å²) in [5.41, 5.74) is 2.52. The van der Waals surface area contributed by atoms with Gasteiger partial charge in [-0.3, -0.25) is 0 Å². The minimum atomic E-state index is 0.270. The predicted molar refractivity (Wildman–Crippen MR) is 69.8 cm³/mol. The lowest BCUT2D eigenvalue weighted by Gasteiger charge is -2.15. The van der Waals surface area contributed by atoms with E-state index in [9.17, 15) is 0 Å². The summed E-state index contributed by atoms with van der Waals surface area (Å²) in [7, 11) is 1.72. The number of aliphatic hydroxyl groups is 1. The lowest BCUT2D eigenvalue weighted by molar-refractivity contribution is 0.184. The number of nitrogens with one attached hydrogen (secondary N) is 1. The van der Waals surface area contributed by atoms with Crippen LogP contribution in [0.1, 0.15) is 30.9 Å². The molecule has 0 saturated heterocycles. The zero-order valence-corrected chi connectivity index (χ0v) is 10.8. The summed E-state index contributed by atoms with van der Waals surface area (Å²) < 4.78 is 5.18. The second-order valence-corrected chi connectivity index (χ2v) is 4.35. The third-order valence-electron chi connectivity index (χ3n) is 2.85. The molecule has 96 valence electrons. The van der Waals surface area contributed by atoms with Crippen molar-refractivity contribution in [2.45, 2.75) is 39.0 Å². The molecule has 0 bridgehead atoms. The van der Waals surface area contributed by atoms with Crippen LogP contribution >= 0.6 is 0 Å². The summed E-state index contributed by atoms with van der Waals surface area (Å²) in [6, 6.07) is 8.73. The van der Waals surface area contributed by atoms with Crippen LogP contribution in [0.15, 0.2) is 24.3 Å². The molecule has 0 aliphatic rings. The Kier molecular flexibility index (Phi) is 6.86. The first-order valence-corrected chi connectivity index (χ1v) is 6.18. The number of methoxy groups -OCH3 is 1. The highest BCUT2D eigenvalue weighted by Gasteiger charge is 2.04. The molecule has 1 aromatic carbocycles. The van der Waals surface area contributed by atoms with Crippen molar-refractivity contribution in [2.75, 3.05) is 13.7 Å². The highest BCUT2D eigenvalue weighted by atomic mass is 16.5. The number of hydrogen-bond acceptors (Lipinski definition) is 3. The first kappa shape index (κ1) is 14.2. The molecule has 1 unspecified atom stereocenters. The molecule has 3 heteroatoms. The van der Waals surface area contributed by atoms with Crippen molar-refractivity contribution in [2.24, 2.45) is 0 Å². The van der Waals surface area contributed by atoms with Crippen LogP contribution in [0.5, 0.6) is 0 Å². The van der Waals surface area contributed by atoms with E-state index in [1.807, 2.05) is 6.07 Å². The van der Waals surface area contributed by atoms with Crippen LogP contribution in [0.4, 0.5) is 0 Å². The van der Waals surface area contributed by atoms with Crippen molar-refractivity contribution in [3.63, 3.8) is 0 Å². The monoisotopic (exact) mass is 237 g/mol. The Morgan fingerprint density at radius 1 is 1.29 bits per heavy atom. The lowest BCUT2D eigenvalue weighted by Crippen LogP contribution is -2.26. The Hall–Kier alpha value is -0.900. The molecule has 0 spiro atoms. The lowest BCUT2D eigenvalue weighted by atomic mass is 10.1. The van der Waals surface area contributed by atoms with Crippen LogP contribution in [0.25, 0.3) is 0 Å². The molecular formula is C14H23NO2. The highest BCUT2D eigenvalue weighted by molar-refractivity contribution is 5.26. The summed E-state index contributed by atoms with van der Waals surface area (Å²) >= 11 is 0. The van der Waals surface area contributed by atoms with Crippen LogP contribution in [-0.2, 0) is 17.9 Å². The van der Waals surface area contributed by atoms with Gasteiger partial charge in [0.1, 0.15) is 0 Å². The Morgan fingerprint density at radius 2 is 2.00 bits per heavy atom. The van der Waals surface area contributed by atoms with Crippen molar-refractivity contribution >= 4 is 0 Å². The normalized spacial score (nSPS) is 12.6. The maximum atomic E-state index is 8.77. The molecule has 0 fully saturated rings. The first-order chi connectivity index (χ1) is 8.27. The van der Waals surface area contributed by atoms with Gasteiger partial charge in [0.2, 0.25) is 0 Å². The van der Waals surface area contributed by atoms with E-state index in [0.29, 0.717) is 12.6 Å². The van der Waals surface area contributed by atoms with Crippen LogP contribution in [0.3, 0.4) is 0 Å². The van der Waals surface area contributed by atoms with Gasteiger partial charge in [0, 0.05) is 26.3 Å². The van der Waals surface area contributed by atoms with Crippen LogP contribution in [0.2, 0.25) is 0 Å². The van der Waals surface area contributed by atoms with Crippen LogP contribution in [-0.4, -0.2) is 24.9 Å². The van der Waals surface area contributed by atoms with Gasteiger partial charge in [-0.2, -0.15) is 0 Å². The Bertz CT molecular complexity index is 315. The molecule has 0 heterocycles. The Balaban J connectivity index is 2.44. The molecule has 0 saturated carbocycles. The van der Waals surface area contributed by atoms with Crippen molar-refractivity contribution in [3.05, 3.63) is 35.4 Å². The zero-order valence-electron chi connectivity index (χ0n) is 10.8. The molecule has 0 amide bonds. The Morgan fingerprint density at radius 3 is 2.65 bits per heavy atom. The molecule has 0 radical (unpaired) electrons. The predicted octanol–water partition coefficient (Wildman–Crippen LogP) is 2.08. The highest BCUT2D eigenvalue weighted by Crippen LogP contribution is 2.10. The van der Waals surface area contributed by atoms with Gasteiger partial charge in [-0.25, -0.2) is 0 Å². The van der Waals surface area contributed by atoms with Gasteiger partial charge in [-0.1, -0.05) is 24.3 Å². The summed E-state index contributed by atoms with van der Waals surface area (Å²) in [4.78, 5) is 0. The van der Waals surface area contributed by atoms with Crippen molar-refractivity contribution in [3.8, 4) is 0 Å². The topological polar surface area (TPSA) is 41.5 Å². The van der Waals surface area contributed by atoms with Crippen LogP contribution < -0.4 is 5.32 Å². The SMILES string of the molecule is COCc1ccccc1CNC(C)CCCO. The fourth-order valence-corrected chi connectivity index (χ4v) is 1.81. The third kappa shape index (κ3) is 5.31. The largest absolute Gasteiger partial charge is 0.396 e.